The average molecular weight is 209 g/mol. The summed E-state index contributed by atoms with van der Waals surface area (Å²) in [5, 5.41) is 2.06. The molecule has 14 heavy (non-hydrogen) atoms. The van der Waals surface area contributed by atoms with Crippen LogP contribution in [-0.4, -0.2) is 24.4 Å². The fraction of sp³-hybridized carbons (Fsp3) is 0.364. The number of hydrogen-bond acceptors (Lipinski definition) is 2. The minimum absolute atomic E-state index is 0.0732. The standard InChI is InChI=1S/C11H15NOS/c1-3-5-11(13)12(2)8-7-10-6-4-9-14-10/h3-6,9H,7-8H2,1-2H3. The third kappa shape index (κ3) is 3.34. The first kappa shape index (κ1) is 11.0. The molecular weight excluding hydrogens is 194 g/mol. The molecule has 0 unspecified atom stereocenters. The summed E-state index contributed by atoms with van der Waals surface area (Å²) in [6, 6.07) is 4.13. The molecule has 0 radical (unpaired) electrons. The second kappa shape index (κ2) is 5.60. The summed E-state index contributed by atoms with van der Waals surface area (Å²) in [7, 11) is 1.83. The molecule has 0 spiro atoms. The van der Waals surface area contributed by atoms with Crippen molar-refractivity contribution in [1.82, 2.24) is 4.90 Å². The Morgan fingerprint density at radius 2 is 2.43 bits per heavy atom. The first-order valence-electron chi connectivity index (χ1n) is 4.64. The van der Waals surface area contributed by atoms with E-state index in [9.17, 15) is 4.79 Å². The smallest absolute Gasteiger partial charge is 0.245 e. The minimum Gasteiger partial charge on any atom is -0.342 e. The van der Waals surface area contributed by atoms with E-state index >= 15 is 0 Å². The van der Waals surface area contributed by atoms with Gasteiger partial charge in [0.2, 0.25) is 5.91 Å². The van der Waals surface area contributed by atoms with Crippen LogP contribution in [0.25, 0.3) is 0 Å². The number of likely N-dealkylation sites (N-methyl/N-ethyl adjacent to an activating group) is 1. The topological polar surface area (TPSA) is 20.3 Å². The molecule has 0 aliphatic heterocycles. The van der Waals surface area contributed by atoms with E-state index in [1.54, 1.807) is 28.4 Å². The van der Waals surface area contributed by atoms with Gasteiger partial charge in [0.25, 0.3) is 0 Å². The molecule has 0 saturated carbocycles. The maximum absolute atomic E-state index is 11.3. The van der Waals surface area contributed by atoms with Crippen LogP contribution in [0, 0.1) is 0 Å². The average Bonchev–Trinajstić information content (AvgIpc) is 2.67. The molecule has 0 aliphatic rings. The molecule has 1 amide bonds. The number of amides is 1. The van der Waals surface area contributed by atoms with Gasteiger partial charge in [0.05, 0.1) is 0 Å². The van der Waals surface area contributed by atoms with Gasteiger partial charge in [0.1, 0.15) is 0 Å². The second-order valence-corrected chi connectivity index (χ2v) is 4.12. The summed E-state index contributed by atoms with van der Waals surface area (Å²) in [6.45, 7) is 2.63. The van der Waals surface area contributed by atoms with Crippen LogP contribution in [0.4, 0.5) is 0 Å². The van der Waals surface area contributed by atoms with Crippen molar-refractivity contribution in [3.63, 3.8) is 0 Å². The predicted octanol–water partition coefficient (Wildman–Crippen LogP) is 2.33. The predicted molar refractivity (Wildman–Crippen MR) is 60.5 cm³/mol. The van der Waals surface area contributed by atoms with Gasteiger partial charge in [-0.15, -0.1) is 11.3 Å². The summed E-state index contributed by atoms with van der Waals surface area (Å²) in [6.07, 6.45) is 4.30. The van der Waals surface area contributed by atoms with Crippen LogP contribution in [-0.2, 0) is 11.2 Å². The Balaban J connectivity index is 2.34. The first-order valence-corrected chi connectivity index (χ1v) is 5.52. The van der Waals surface area contributed by atoms with Crippen molar-refractivity contribution in [2.75, 3.05) is 13.6 Å². The molecule has 1 aromatic heterocycles. The highest BCUT2D eigenvalue weighted by Gasteiger charge is 2.04. The zero-order valence-electron chi connectivity index (χ0n) is 8.56. The van der Waals surface area contributed by atoms with Crippen molar-refractivity contribution >= 4 is 17.2 Å². The van der Waals surface area contributed by atoms with Crippen molar-refractivity contribution in [3.8, 4) is 0 Å². The van der Waals surface area contributed by atoms with Crippen LogP contribution in [0.2, 0.25) is 0 Å². The second-order valence-electron chi connectivity index (χ2n) is 3.09. The molecule has 0 saturated heterocycles. The minimum atomic E-state index is 0.0732. The first-order chi connectivity index (χ1) is 6.74. The van der Waals surface area contributed by atoms with Gasteiger partial charge in [0.15, 0.2) is 0 Å². The van der Waals surface area contributed by atoms with Crippen molar-refractivity contribution in [1.29, 1.82) is 0 Å². The molecule has 0 fully saturated rings. The maximum Gasteiger partial charge on any atom is 0.245 e. The van der Waals surface area contributed by atoms with E-state index in [2.05, 4.69) is 11.4 Å². The number of carbonyl (C=O) groups is 1. The number of nitrogens with zero attached hydrogens (tertiary/aromatic N) is 1. The monoisotopic (exact) mass is 209 g/mol. The van der Waals surface area contributed by atoms with Crippen molar-refractivity contribution < 1.29 is 4.79 Å². The normalized spacial score (nSPS) is 10.7. The Hall–Kier alpha value is -1.09. The molecule has 1 aromatic rings. The summed E-state index contributed by atoms with van der Waals surface area (Å²) in [5.41, 5.74) is 0. The summed E-state index contributed by atoms with van der Waals surface area (Å²) >= 11 is 1.73. The molecule has 0 atom stereocenters. The fourth-order valence-electron chi connectivity index (χ4n) is 1.11. The molecule has 0 N–H and O–H groups in total. The van der Waals surface area contributed by atoms with Gasteiger partial charge in [-0.25, -0.2) is 0 Å². The fourth-order valence-corrected chi connectivity index (χ4v) is 1.81. The Morgan fingerprint density at radius 1 is 1.64 bits per heavy atom. The molecule has 0 aromatic carbocycles. The number of rotatable bonds is 4. The summed E-state index contributed by atoms with van der Waals surface area (Å²) in [4.78, 5) is 14.4. The lowest BCUT2D eigenvalue weighted by Gasteiger charge is -2.13. The molecule has 2 nitrogen and oxygen atoms in total. The molecular formula is C11H15NOS. The van der Waals surface area contributed by atoms with Gasteiger partial charge < -0.3 is 4.90 Å². The molecule has 76 valence electrons. The van der Waals surface area contributed by atoms with Crippen LogP contribution >= 0.6 is 11.3 Å². The summed E-state index contributed by atoms with van der Waals surface area (Å²) in [5.74, 6) is 0.0732. The van der Waals surface area contributed by atoms with Gasteiger partial charge in [-0.2, -0.15) is 0 Å². The Labute approximate surface area is 88.9 Å². The lowest BCUT2D eigenvalue weighted by Crippen LogP contribution is -2.26. The number of carbonyl (C=O) groups excluding carboxylic acids is 1. The number of hydrogen-bond donors (Lipinski definition) is 0. The van der Waals surface area contributed by atoms with Gasteiger partial charge in [-0.3, -0.25) is 4.79 Å². The van der Waals surface area contributed by atoms with Crippen molar-refractivity contribution in [2.24, 2.45) is 0 Å². The van der Waals surface area contributed by atoms with Crippen LogP contribution in [0.5, 0.6) is 0 Å². The highest BCUT2D eigenvalue weighted by Crippen LogP contribution is 2.09. The van der Waals surface area contributed by atoms with Crippen LogP contribution in [0.15, 0.2) is 29.7 Å². The highest BCUT2D eigenvalue weighted by atomic mass is 32.1. The highest BCUT2D eigenvalue weighted by molar-refractivity contribution is 7.09. The van der Waals surface area contributed by atoms with Crippen LogP contribution < -0.4 is 0 Å². The van der Waals surface area contributed by atoms with Crippen LogP contribution in [0.3, 0.4) is 0 Å². The molecule has 0 aliphatic carbocycles. The van der Waals surface area contributed by atoms with E-state index in [1.165, 1.54) is 4.88 Å². The van der Waals surface area contributed by atoms with E-state index in [4.69, 9.17) is 0 Å². The van der Waals surface area contributed by atoms with Crippen molar-refractivity contribution in [3.05, 3.63) is 34.5 Å². The third-order valence-corrected chi connectivity index (χ3v) is 2.90. The summed E-state index contributed by atoms with van der Waals surface area (Å²) < 4.78 is 0. The lowest BCUT2D eigenvalue weighted by atomic mass is 10.3. The lowest BCUT2D eigenvalue weighted by molar-refractivity contribution is -0.124. The maximum atomic E-state index is 11.3. The van der Waals surface area contributed by atoms with E-state index in [-0.39, 0.29) is 5.91 Å². The van der Waals surface area contributed by atoms with Gasteiger partial charge in [0, 0.05) is 18.5 Å². The zero-order valence-corrected chi connectivity index (χ0v) is 9.38. The quantitative estimate of drug-likeness (QED) is 0.697. The third-order valence-electron chi connectivity index (χ3n) is 1.96. The Kier molecular flexibility index (Phi) is 4.40. The molecule has 1 rings (SSSR count). The number of thiophene rings is 1. The largest absolute Gasteiger partial charge is 0.342 e. The van der Waals surface area contributed by atoms with Gasteiger partial charge >= 0.3 is 0 Å². The molecule has 3 heteroatoms. The van der Waals surface area contributed by atoms with E-state index in [1.807, 2.05) is 20.0 Å². The van der Waals surface area contributed by atoms with Gasteiger partial charge in [-0.05, 0) is 30.9 Å². The van der Waals surface area contributed by atoms with E-state index < -0.39 is 0 Å². The van der Waals surface area contributed by atoms with Crippen molar-refractivity contribution in [2.45, 2.75) is 13.3 Å². The number of allylic oxidation sites excluding steroid dienone is 1. The van der Waals surface area contributed by atoms with E-state index in [0.29, 0.717) is 0 Å². The Morgan fingerprint density at radius 3 is 3.00 bits per heavy atom. The Bertz CT molecular complexity index is 303. The van der Waals surface area contributed by atoms with Gasteiger partial charge in [-0.1, -0.05) is 12.1 Å². The zero-order chi connectivity index (χ0) is 10.4. The molecule has 0 bridgehead atoms. The van der Waals surface area contributed by atoms with E-state index in [0.717, 1.165) is 13.0 Å². The SMILES string of the molecule is CC=CC(=O)N(C)CCc1cccs1. The molecule has 1 heterocycles. The van der Waals surface area contributed by atoms with Crippen LogP contribution in [0.1, 0.15) is 11.8 Å².